The van der Waals surface area contributed by atoms with Gasteiger partial charge in [-0.3, -0.25) is 0 Å². The molecule has 0 aliphatic rings. The van der Waals surface area contributed by atoms with E-state index in [1.165, 1.54) is 0 Å². The van der Waals surface area contributed by atoms with Gasteiger partial charge in [-0.1, -0.05) is 26.2 Å². The van der Waals surface area contributed by atoms with Gasteiger partial charge in [-0.15, -0.1) is 0 Å². The summed E-state index contributed by atoms with van der Waals surface area (Å²) in [7, 11) is 1.15. The molecule has 0 spiro atoms. The maximum atomic E-state index is 10.7. The molecule has 13 heavy (non-hydrogen) atoms. The van der Waals surface area contributed by atoms with Gasteiger partial charge in [-0.05, 0) is 6.42 Å². The molecule has 0 aromatic rings. The zero-order valence-electron chi connectivity index (χ0n) is 8.17. The lowest BCUT2D eigenvalue weighted by atomic mass is 10.2. The van der Waals surface area contributed by atoms with Crippen LogP contribution >= 0.6 is 0 Å². The third-order valence-corrected chi connectivity index (χ3v) is 1.58. The van der Waals surface area contributed by atoms with Crippen LogP contribution in [0.2, 0.25) is 0 Å². The van der Waals surface area contributed by atoms with Gasteiger partial charge >= 0.3 is 11.9 Å². The Morgan fingerprint density at radius 1 is 1.08 bits per heavy atom. The molecule has 0 N–H and O–H groups in total. The molecule has 0 aliphatic carbocycles. The second-order valence-corrected chi connectivity index (χ2v) is 2.69. The quantitative estimate of drug-likeness (QED) is 0.370. The SMILES string of the molecule is CCCCCCOC(=O)C(=O)OC. The fraction of sp³-hybridized carbons (Fsp3) is 0.778. The average molecular weight is 188 g/mol. The van der Waals surface area contributed by atoms with Crippen molar-refractivity contribution in [2.75, 3.05) is 13.7 Å². The highest BCUT2D eigenvalue weighted by Gasteiger charge is 2.14. The molecule has 0 fully saturated rings. The van der Waals surface area contributed by atoms with Crippen LogP contribution in [-0.4, -0.2) is 25.7 Å². The summed E-state index contributed by atoms with van der Waals surface area (Å²) in [5, 5.41) is 0. The van der Waals surface area contributed by atoms with Crippen LogP contribution in [0.4, 0.5) is 0 Å². The molecule has 0 amide bonds. The van der Waals surface area contributed by atoms with Gasteiger partial charge in [0, 0.05) is 0 Å². The zero-order chi connectivity index (χ0) is 10.1. The number of carbonyl (C=O) groups is 2. The van der Waals surface area contributed by atoms with Gasteiger partial charge in [-0.2, -0.15) is 0 Å². The van der Waals surface area contributed by atoms with Crippen molar-refractivity contribution >= 4 is 11.9 Å². The molecule has 0 bridgehead atoms. The second-order valence-electron chi connectivity index (χ2n) is 2.69. The van der Waals surface area contributed by atoms with Crippen molar-refractivity contribution in [3.63, 3.8) is 0 Å². The topological polar surface area (TPSA) is 52.6 Å². The summed E-state index contributed by atoms with van der Waals surface area (Å²) in [5.41, 5.74) is 0. The van der Waals surface area contributed by atoms with Crippen molar-refractivity contribution in [3.8, 4) is 0 Å². The fourth-order valence-corrected chi connectivity index (χ4v) is 0.836. The third-order valence-electron chi connectivity index (χ3n) is 1.58. The summed E-state index contributed by atoms with van der Waals surface area (Å²) in [4.78, 5) is 21.2. The lowest BCUT2D eigenvalue weighted by Crippen LogP contribution is -2.19. The first-order valence-electron chi connectivity index (χ1n) is 4.47. The number of hydrogen-bond donors (Lipinski definition) is 0. The molecule has 0 rings (SSSR count). The molecule has 0 atom stereocenters. The molecule has 0 aliphatic heterocycles. The van der Waals surface area contributed by atoms with E-state index in [2.05, 4.69) is 16.4 Å². The normalized spacial score (nSPS) is 9.38. The summed E-state index contributed by atoms with van der Waals surface area (Å²) in [6, 6.07) is 0. The van der Waals surface area contributed by atoms with Gasteiger partial charge in [0.2, 0.25) is 0 Å². The van der Waals surface area contributed by atoms with E-state index in [9.17, 15) is 9.59 Å². The smallest absolute Gasteiger partial charge is 0.417 e. The molecule has 0 saturated heterocycles. The van der Waals surface area contributed by atoms with Gasteiger partial charge < -0.3 is 9.47 Å². The van der Waals surface area contributed by atoms with Crippen LogP contribution in [0.25, 0.3) is 0 Å². The number of rotatable bonds is 5. The maximum Gasteiger partial charge on any atom is 0.417 e. The van der Waals surface area contributed by atoms with E-state index in [1.807, 2.05) is 0 Å². The van der Waals surface area contributed by atoms with Crippen molar-refractivity contribution < 1.29 is 19.1 Å². The fourth-order valence-electron chi connectivity index (χ4n) is 0.836. The second kappa shape index (κ2) is 7.58. The Bertz CT molecular complexity index is 165. The Morgan fingerprint density at radius 2 is 1.77 bits per heavy atom. The van der Waals surface area contributed by atoms with Gasteiger partial charge in [0.25, 0.3) is 0 Å². The lowest BCUT2D eigenvalue weighted by molar-refractivity contribution is -0.165. The standard InChI is InChI=1S/C9H16O4/c1-3-4-5-6-7-13-9(11)8(10)12-2/h3-7H2,1-2H3. The molecule has 76 valence electrons. The molecule has 0 unspecified atom stereocenters. The van der Waals surface area contributed by atoms with Gasteiger partial charge in [0.1, 0.15) is 0 Å². The van der Waals surface area contributed by atoms with Crippen molar-refractivity contribution in [3.05, 3.63) is 0 Å². The van der Waals surface area contributed by atoms with E-state index in [1.54, 1.807) is 0 Å². The Labute approximate surface area is 78.2 Å². The van der Waals surface area contributed by atoms with Crippen molar-refractivity contribution in [1.82, 2.24) is 0 Å². The first-order valence-corrected chi connectivity index (χ1v) is 4.47. The van der Waals surface area contributed by atoms with Crippen LogP contribution in [0.3, 0.4) is 0 Å². The molecule has 0 saturated carbocycles. The highest BCUT2D eigenvalue weighted by atomic mass is 16.6. The van der Waals surface area contributed by atoms with Crippen LogP contribution in [-0.2, 0) is 19.1 Å². The molecule has 0 aromatic heterocycles. The van der Waals surface area contributed by atoms with E-state index in [4.69, 9.17) is 0 Å². The van der Waals surface area contributed by atoms with E-state index in [0.29, 0.717) is 6.61 Å². The summed E-state index contributed by atoms with van der Waals surface area (Å²) in [6.07, 6.45) is 4.07. The van der Waals surface area contributed by atoms with E-state index in [-0.39, 0.29) is 0 Å². The number of hydrogen-bond acceptors (Lipinski definition) is 4. The van der Waals surface area contributed by atoms with Gasteiger partial charge in [0.05, 0.1) is 13.7 Å². The molecule has 4 nitrogen and oxygen atoms in total. The summed E-state index contributed by atoms with van der Waals surface area (Å²) < 4.78 is 8.80. The molecule has 0 aromatic carbocycles. The first-order chi connectivity index (χ1) is 6.22. The Kier molecular flexibility index (Phi) is 6.96. The average Bonchev–Trinajstić information content (AvgIpc) is 2.16. The molecular weight excluding hydrogens is 172 g/mol. The van der Waals surface area contributed by atoms with Crippen molar-refractivity contribution in [1.29, 1.82) is 0 Å². The number of ether oxygens (including phenoxy) is 2. The number of carbonyl (C=O) groups excluding carboxylic acids is 2. The minimum atomic E-state index is -0.935. The maximum absolute atomic E-state index is 10.7. The predicted molar refractivity (Wildman–Crippen MR) is 47.1 cm³/mol. The third kappa shape index (κ3) is 6.13. The minimum Gasteiger partial charge on any atom is -0.461 e. The molecular formula is C9H16O4. The van der Waals surface area contributed by atoms with Crippen LogP contribution < -0.4 is 0 Å². The van der Waals surface area contributed by atoms with E-state index in [0.717, 1.165) is 32.8 Å². The zero-order valence-corrected chi connectivity index (χ0v) is 8.17. The summed E-state index contributed by atoms with van der Waals surface area (Å²) >= 11 is 0. The van der Waals surface area contributed by atoms with Crippen LogP contribution in [0.5, 0.6) is 0 Å². The van der Waals surface area contributed by atoms with Crippen molar-refractivity contribution in [2.24, 2.45) is 0 Å². The molecule has 4 heteroatoms. The monoisotopic (exact) mass is 188 g/mol. The van der Waals surface area contributed by atoms with E-state index < -0.39 is 11.9 Å². The van der Waals surface area contributed by atoms with E-state index >= 15 is 0 Å². The van der Waals surface area contributed by atoms with Gasteiger partial charge in [0.15, 0.2) is 0 Å². The number of unbranched alkanes of at least 4 members (excludes halogenated alkanes) is 3. The summed E-state index contributed by atoms with van der Waals surface area (Å²) in [6.45, 7) is 2.40. The highest BCUT2D eigenvalue weighted by molar-refractivity contribution is 6.29. The lowest BCUT2D eigenvalue weighted by Gasteiger charge is -2.01. The highest BCUT2D eigenvalue weighted by Crippen LogP contribution is 1.99. The Balaban J connectivity index is 3.32. The summed E-state index contributed by atoms with van der Waals surface area (Å²) in [5.74, 6) is -1.84. The van der Waals surface area contributed by atoms with Crippen LogP contribution in [0, 0.1) is 0 Å². The largest absolute Gasteiger partial charge is 0.461 e. The predicted octanol–water partition coefficient (Wildman–Crippen LogP) is 1.28. The Hall–Kier alpha value is -1.06. The Morgan fingerprint density at radius 3 is 2.31 bits per heavy atom. The van der Waals surface area contributed by atoms with Crippen LogP contribution in [0.1, 0.15) is 32.6 Å². The molecule has 0 heterocycles. The molecule has 0 radical (unpaired) electrons. The van der Waals surface area contributed by atoms with Crippen molar-refractivity contribution in [2.45, 2.75) is 32.6 Å². The van der Waals surface area contributed by atoms with Crippen LogP contribution in [0.15, 0.2) is 0 Å². The number of esters is 2. The first kappa shape index (κ1) is 11.9. The van der Waals surface area contributed by atoms with Gasteiger partial charge in [-0.25, -0.2) is 9.59 Å². The number of methoxy groups -OCH3 is 1. The minimum absolute atomic E-state index is 0.300.